The Kier molecular flexibility index (Phi) is 5.81. The van der Waals surface area contributed by atoms with Crippen LogP contribution >= 0.6 is 0 Å². The van der Waals surface area contributed by atoms with E-state index in [0.717, 1.165) is 55.0 Å². The number of H-pyrrole nitrogens is 1. The molecule has 1 fully saturated rings. The van der Waals surface area contributed by atoms with Crippen LogP contribution in [0.5, 0.6) is 11.5 Å². The van der Waals surface area contributed by atoms with Gasteiger partial charge in [0, 0.05) is 29.7 Å². The molecule has 0 atom stereocenters. The summed E-state index contributed by atoms with van der Waals surface area (Å²) in [5.41, 5.74) is 3.20. The van der Waals surface area contributed by atoms with Gasteiger partial charge in [0.05, 0.1) is 26.1 Å². The van der Waals surface area contributed by atoms with E-state index in [-0.39, 0.29) is 5.56 Å². The second-order valence-electron chi connectivity index (χ2n) is 8.20. The molecule has 7 nitrogen and oxygen atoms in total. The van der Waals surface area contributed by atoms with Crippen molar-refractivity contribution >= 4 is 5.65 Å². The van der Waals surface area contributed by atoms with Crippen LogP contribution in [0, 0.1) is 5.92 Å². The number of benzene rings is 1. The van der Waals surface area contributed by atoms with Crippen molar-refractivity contribution in [1.29, 1.82) is 0 Å². The molecule has 7 heteroatoms. The van der Waals surface area contributed by atoms with Crippen molar-refractivity contribution in [3.63, 3.8) is 0 Å². The third-order valence-corrected chi connectivity index (χ3v) is 5.78. The lowest BCUT2D eigenvalue weighted by atomic mass is 9.92. The Bertz CT molecular complexity index is 1080. The van der Waals surface area contributed by atoms with E-state index in [1.54, 1.807) is 26.5 Å². The minimum absolute atomic E-state index is 0.110. The minimum atomic E-state index is -0.110. The zero-order valence-corrected chi connectivity index (χ0v) is 18.1. The number of nitrogens with zero attached hydrogens (tertiary/aromatic N) is 3. The lowest BCUT2D eigenvalue weighted by Crippen LogP contribution is -2.35. The smallest absolute Gasteiger partial charge is 0.251 e. The monoisotopic (exact) mass is 409 g/mol. The van der Waals surface area contributed by atoms with Gasteiger partial charge < -0.3 is 19.4 Å². The molecular weight excluding hydrogens is 380 g/mol. The van der Waals surface area contributed by atoms with E-state index in [4.69, 9.17) is 9.47 Å². The van der Waals surface area contributed by atoms with Gasteiger partial charge in [0.25, 0.3) is 5.56 Å². The van der Waals surface area contributed by atoms with Crippen LogP contribution < -0.4 is 15.0 Å². The lowest BCUT2D eigenvalue weighted by Gasteiger charge is -2.32. The Hall–Kier alpha value is -2.80. The SMILES string of the molecule is COc1ccc(OC)c(-c2cnn3c(C4CCN(C[C](C)C)CC4)cc(=O)[nH]c23)c1. The molecule has 1 radical (unpaired) electrons. The Morgan fingerprint density at radius 2 is 1.90 bits per heavy atom. The number of nitrogens with one attached hydrogen (secondary N) is 1. The summed E-state index contributed by atoms with van der Waals surface area (Å²) in [6, 6.07) is 7.32. The number of hydrogen-bond donors (Lipinski definition) is 1. The van der Waals surface area contributed by atoms with E-state index in [1.165, 1.54) is 5.92 Å². The van der Waals surface area contributed by atoms with Gasteiger partial charge in [0.2, 0.25) is 0 Å². The van der Waals surface area contributed by atoms with Crippen LogP contribution in [0.15, 0.2) is 35.3 Å². The van der Waals surface area contributed by atoms with Gasteiger partial charge in [-0.05, 0) is 50.0 Å². The van der Waals surface area contributed by atoms with Gasteiger partial charge in [-0.1, -0.05) is 13.8 Å². The van der Waals surface area contributed by atoms with Crippen molar-refractivity contribution in [3.8, 4) is 22.6 Å². The molecule has 0 aliphatic carbocycles. The zero-order valence-electron chi connectivity index (χ0n) is 18.1. The Morgan fingerprint density at radius 3 is 2.57 bits per heavy atom. The number of ether oxygens (including phenoxy) is 2. The molecule has 1 aliphatic rings. The molecule has 1 saturated heterocycles. The van der Waals surface area contributed by atoms with Crippen molar-refractivity contribution in [1.82, 2.24) is 19.5 Å². The summed E-state index contributed by atoms with van der Waals surface area (Å²) in [6.45, 7) is 7.44. The van der Waals surface area contributed by atoms with E-state index in [9.17, 15) is 4.79 Å². The molecule has 1 N–H and O–H groups in total. The molecule has 1 aromatic carbocycles. The highest BCUT2D eigenvalue weighted by Gasteiger charge is 2.25. The average molecular weight is 410 g/mol. The van der Waals surface area contributed by atoms with Gasteiger partial charge in [0.15, 0.2) is 0 Å². The fraction of sp³-hybridized carbons (Fsp3) is 0.435. The number of aromatic amines is 1. The van der Waals surface area contributed by atoms with Crippen LogP contribution in [0.2, 0.25) is 0 Å². The van der Waals surface area contributed by atoms with Crippen molar-refractivity contribution < 1.29 is 9.47 Å². The number of fused-ring (bicyclic) bond motifs is 1. The van der Waals surface area contributed by atoms with Gasteiger partial charge in [0.1, 0.15) is 17.1 Å². The molecule has 0 amide bonds. The van der Waals surface area contributed by atoms with E-state index < -0.39 is 0 Å². The molecule has 3 heterocycles. The van der Waals surface area contributed by atoms with E-state index in [2.05, 4.69) is 28.8 Å². The predicted molar refractivity (Wildman–Crippen MR) is 117 cm³/mol. The minimum Gasteiger partial charge on any atom is -0.497 e. The first-order chi connectivity index (χ1) is 14.5. The predicted octanol–water partition coefficient (Wildman–Crippen LogP) is 3.50. The standard InChI is InChI=1S/C23H29N4O3/c1-15(2)14-26-9-7-16(8-10-26)20-12-22(28)25-23-19(13-24-27(20)23)18-11-17(29-3)5-6-21(18)30-4/h5-6,11-13,16H,7-10,14H2,1-4H3,(H,25,28). The topological polar surface area (TPSA) is 71.9 Å². The number of methoxy groups -OCH3 is 2. The first kappa shape index (κ1) is 20.5. The second kappa shape index (κ2) is 8.52. The maximum atomic E-state index is 12.5. The molecule has 3 aromatic rings. The summed E-state index contributed by atoms with van der Waals surface area (Å²) < 4.78 is 12.8. The summed E-state index contributed by atoms with van der Waals surface area (Å²) in [4.78, 5) is 18.0. The van der Waals surface area contributed by atoms with Crippen LogP contribution in [0.4, 0.5) is 0 Å². The molecule has 30 heavy (non-hydrogen) atoms. The average Bonchev–Trinajstić information content (AvgIpc) is 3.16. The maximum Gasteiger partial charge on any atom is 0.251 e. The molecule has 0 unspecified atom stereocenters. The number of rotatable bonds is 6. The quantitative estimate of drug-likeness (QED) is 0.675. The van der Waals surface area contributed by atoms with Crippen LogP contribution in [-0.4, -0.2) is 53.4 Å². The third kappa shape index (κ3) is 3.94. The van der Waals surface area contributed by atoms with Gasteiger partial charge >= 0.3 is 0 Å². The number of piperidine rings is 1. The first-order valence-electron chi connectivity index (χ1n) is 10.3. The number of hydrogen-bond acceptors (Lipinski definition) is 5. The lowest BCUT2D eigenvalue weighted by molar-refractivity contribution is 0.217. The zero-order chi connectivity index (χ0) is 21.3. The summed E-state index contributed by atoms with van der Waals surface area (Å²) in [5, 5.41) is 4.64. The molecule has 0 bridgehead atoms. The molecule has 2 aromatic heterocycles. The van der Waals surface area contributed by atoms with Gasteiger partial charge in [-0.2, -0.15) is 5.10 Å². The van der Waals surface area contributed by atoms with Crippen molar-refractivity contribution in [3.05, 3.63) is 52.4 Å². The number of likely N-dealkylation sites (tertiary alicyclic amines) is 1. The second-order valence-corrected chi connectivity index (χ2v) is 8.20. The van der Waals surface area contributed by atoms with E-state index >= 15 is 0 Å². The number of aromatic nitrogens is 3. The maximum absolute atomic E-state index is 12.5. The third-order valence-electron chi connectivity index (χ3n) is 5.78. The van der Waals surface area contributed by atoms with E-state index in [1.807, 2.05) is 22.7 Å². The fourth-order valence-electron chi connectivity index (χ4n) is 4.36. The summed E-state index contributed by atoms with van der Waals surface area (Å²) in [6.07, 6.45) is 3.82. The fourth-order valence-corrected chi connectivity index (χ4v) is 4.36. The molecule has 1 aliphatic heterocycles. The highest BCUT2D eigenvalue weighted by atomic mass is 16.5. The Balaban J connectivity index is 1.72. The highest BCUT2D eigenvalue weighted by Crippen LogP contribution is 2.36. The summed E-state index contributed by atoms with van der Waals surface area (Å²) >= 11 is 0. The largest absolute Gasteiger partial charge is 0.497 e. The Labute approximate surface area is 176 Å². The van der Waals surface area contributed by atoms with Gasteiger partial charge in [-0.25, -0.2) is 4.52 Å². The summed E-state index contributed by atoms with van der Waals surface area (Å²) in [7, 11) is 3.26. The van der Waals surface area contributed by atoms with Crippen LogP contribution in [0.25, 0.3) is 16.8 Å². The van der Waals surface area contributed by atoms with Crippen molar-refractivity contribution in [2.75, 3.05) is 33.9 Å². The Morgan fingerprint density at radius 1 is 1.13 bits per heavy atom. The molecule has 159 valence electrons. The molecular formula is C23H29N4O3. The first-order valence-corrected chi connectivity index (χ1v) is 10.3. The van der Waals surface area contributed by atoms with Gasteiger partial charge in [-0.15, -0.1) is 0 Å². The van der Waals surface area contributed by atoms with Crippen molar-refractivity contribution in [2.24, 2.45) is 0 Å². The normalized spacial score (nSPS) is 15.8. The highest BCUT2D eigenvalue weighted by molar-refractivity contribution is 5.82. The summed E-state index contributed by atoms with van der Waals surface area (Å²) in [5.74, 6) is 3.16. The van der Waals surface area contributed by atoms with E-state index in [0.29, 0.717) is 17.3 Å². The molecule has 0 saturated carbocycles. The van der Waals surface area contributed by atoms with Crippen LogP contribution in [0.1, 0.15) is 38.3 Å². The van der Waals surface area contributed by atoms with Gasteiger partial charge in [-0.3, -0.25) is 4.79 Å². The molecule has 4 rings (SSSR count). The van der Waals surface area contributed by atoms with Crippen LogP contribution in [-0.2, 0) is 0 Å². The van der Waals surface area contributed by atoms with Crippen molar-refractivity contribution in [2.45, 2.75) is 32.6 Å². The van der Waals surface area contributed by atoms with Crippen LogP contribution in [0.3, 0.4) is 0 Å². The molecule has 0 spiro atoms.